The minimum Gasteiger partial charge on any atom is -0.338 e. The maximum Gasteiger partial charge on any atom is 0.416 e. The van der Waals surface area contributed by atoms with Crippen LogP contribution in [0.2, 0.25) is 5.02 Å². The molecule has 31 heavy (non-hydrogen) atoms. The van der Waals surface area contributed by atoms with Gasteiger partial charge in [-0.1, -0.05) is 46.7 Å². The molecule has 0 aliphatic heterocycles. The Kier molecular flexibility index (Phi) is 5.76. The number of halogens is 4. The van der Waals surface area contributed by atoms with Crippen LogP contribution in [-0.4, -0.2) is 24.9 Å². The first-order valence-electron chi connectivity index (χ1n) is 9.07. The van der Waals surface area contributed by atoms with Crippen LogP contribution in [0.3, 0.4) is 0 Å². The standard InChI is InChI=1S/C20H15ClF3N5OS/c1-11-6-7-15(9-16(11)21)29-10-25-27-19(29)31-12(2)18-26-17(28-30-18)13-4-3-5-14(8-13)20(22,23)24/h3-10,12H,1-2H3. The molecule has 6 nitrogen and oxygen atoms in total. The van der Waals surface area contributed by atoms with Crippen molar-refractivity contribution in [3.63, 3.8) is 0 Å². The van der Waals surface area contributed by atoms with Crippen LogP contribution in [0.5, 0.6) is 0 Å². The molecule has 0 N–H and O–H groups in total. The molecule has 0 amide bonds. The van der Waals surface area contributed by atoms with Crippen molar-refractivity contribution in [1.29, 1.82) is 0 Å². The van der Waals surface area contributed by atoms with Gasteiger partial charge in [0, 0.05) is 10.6 Å². The highest BCUT2D eigenvalue weighted by molar-refractivity contribution is 7.99. The summed E-state index contributed by atoms with van der Waals surface area (Å²) in [6, 6.07) is 10.4. The molecule has 0 aliphatic carbocycles. The number of thioether (sulfide) groups is 1. The number of alkyl halides is 3. The lowest BCUT2D eigenvalue weighted by Crippen LogP contribution is -2.04. The maximum absolute atomic E-state index is 13.0. The van der Waals surface area contributed by atoms with Crippen LogP contribution in [0.1, 0.15) is 29.2 Å². The Morgan fingerprint density at radius 2 is 1.97 bits per heavy atom. The van der Waals surface area contributed by atoms with Crippen LogP contribution in [0.4, 0.5) is 13.2 Å². The Balaban J connectivity index is 1.55. The highest BCUT2D eigenvalue weighted by atomic mass is 35.5. The minimum atomic E-state index is -4.45. The lowest BCUT2D eigenvalue weighted by Gasteiger charge is -2.09. The molecule has 0 spiro atoms. The van der Waals surface area contributed by atoms with Crippen molar-refractivity contribution in [2.45, 2.75) is 30.4 Å². The van der Waals surface area contributed by atoms with E-state index in [0.717, 1.165) is 23.4 Å². The van der Waals surface area contributed by atoms with E-state index < -0.39 is 11.7 Å². The summed E-state index contributed by atoms with van der Waals surface area (Å²) in [5, 5.41) is 12.8. The van der Waals surface area contributed by atoms with Crippen molar-refractivity contribution in [2.24, 2.45) is 0 Å². The smallest absolute Gasteiger partial charge is 0.338 e. The van der Waals surface area contributed by atoms with Gasteiger partial charge in [0.05, 0.1) is 16.5 Å². The molecular weight excluding hydrogens is 451 g/mol. The number of hydrogen-bond acceptors (Lipinski definition) is 6. The molecular formula is C20H15ClF3N5OS. The summed E-state index contributed by atoms with van der Waals surface area (Å²) in [6.07, 6.45) is -2.88. The summed E-state index contributed by atoms with van der Waals surface area (Å²) in [7, 11) is 0. The Morgan fingerprint density at radius 1 is 1.16 bits per heavy atom. The molecule has 0 radical (unpaired) electrons. The van der Waals surface area contributed by atoms with Crippen LogP contribution in [0.25, 0.3) is 17.1 Å². The number of hydrogen-bond donors (Lipinski definition) is 0. The van der Waals surface area contributed by atoms with E-state index in [-0.39, 0.29) is 22.5 Å². The molecule has 2 heterocycles. The first kappa shape index (κ1) is 21.4. The van der Waals surface area contributed by atoms with Crippen molar-refractivity contribution in [3.8, 4) is 17.1 Å². The van der Waals surface area contributed by atoms with Gasteiger partial charge in [0.2, 0.25) is 11.7 Å². The highest BCUT2D eigenvalue weighted by Gasteiger charge is 2.31. The Labute approximate surface area is 184 Å². The molecule has 0 saturated heterocycles. The van der Waals surface area contributed by atoms with E-state index in [1.807, 2.05) is 32.0 Å². The molecule has 11 heteroatoms. The lowest BCUT2D eigenvalue weighted by atomic mass is 10.1. The zero-order chi connectivity index (χ0) is 22.2. The first-order chi connectivity index (χ1) is 14.7. The molecule has 0 aliphatic rings. The van der Waals surface area contributed by atoms with Crippen molar-refractivity contribution in [2.75, 3.05) is 0 Å². The molecule has 4 aromatic rings. The number of rotatable bonds is 5. The topological polar surface area (TPSA) is 69.6 Å². The second kappa shape index (κ2) is 8.35. The summed E-state index contributed by atoms with van der Waals surface area (Å²) in [5.74, 6) is 0.342. The Morgan fingerprint density at radius 3 is 2.71 bits per heavy atom. The molecule has 0 saturated carbocycles. The average molecular weight is 466 g/mol. The van der Waals surface area contributed by atoms with Gasteiger partial charge in [-0.25, -0.2) is 0 Å². The van der Waals surface area contributed by atoms with Crippen LogP contribution in [-0.2, 0) is 6.18 Å². The predicted octanol–water partition coefficient (Wildman–Crippen LogP) is 6.15. The number of benzene rings is 2. The predicted molar refractivity (Wildman–Crippen MR) is 110 cm³/mol. The fraction of sp³-hybridized carbons (Fsp3) is 0.200. The van der Waals surface area contributed by atoms with Gasteiger partial charge in [-0.3, -0.25) is 4.57 Å². The summed E-state index contributed by atoms with van der Waals surface area (Å²) >= 11 is 7.54. The van der Waals surface area contributed by atoms with Gasteiger partial charge in [-0.15, -0.1) is 10.2 Å². The molecule has 160 valence electrons. The average Bonchev–Trinajstić information content (AvgIpc) is 3.39. The van der Waals surface area contributed by atoms with E-state index >= 15 is 0 Å². The second-order valence-corrected chi connectivity index (χ2v) is 8.43. The van der Waals surface area contributed by atoms with Gasteiger partial charge >= 0.3 is 6.18 Å². The van der Waals surface area contributed by atoms with Crippen LogP contribution < -0.4 is 0 Å². The second-order valence-electron chi connectivity index (χ2n) is 6.71. The molecule has 2 aromatic carbocycles. The van der Waals surface area contributed by atoms with E-state index in [0.29, 0.717) is 10.2 Å². The van der Waals surface area contributed by atoms with Crippen molar-refractivity contribution < 1.29 is 17.7 Å². The first-order valence-corrected chi connectivity index (χ1v) is 10.3. The fourth-order valence-electron chi connectivity index (χ4n) is 2.77. The van der Waals surface area contributed by atoms with Crippen molar-refractivity contribution in [3.05, 3.63) is 70.8 Å². The normalized spacial score (nSPS) is 12.8. The Bertz CT molecular complexity index is 1220. The zero-order valence-corrected chi connectivity index (χ0v) is 17.8. The van der Waals surface area contributed by atoms with E-state index in [1.165, 1.54) is 23.9 Å². The zero-order valence-electron chi connectivity index (χ0n) is 16.3. The summed E-state index contributed by atoms with van der Waals surface area (Å²) < 4.78 is 46.0. The number of aromatic nitrogens is 5. The third-order valence-corrected chi connectivity index (χ3v) is 5.92. The van der Waals surface area contributed by atoms with Crippen LogP contribution in [0.15, 0.2) is 58.5 Å². The van der Waals surface area contributed by atoms with Gasteiger partial charge in [0.25, 0.3) is 0 Å². The van der Waals surface area contributed by atoms with Crippen molar-refractivity contribution >= 4 is 23.4 Å². The van der Waals surface area contributed by atoms with E-state index in [1.54, 1.807) is 10.9 Å². The third kappa shape index (κ3) is 4.59. The highest BCUT2D eigenvalue weighted by Crippen LogP contribution is 2.36. The summed E-state index contributed by atoms with van der Waals surface area (Å²) in [6.45, 7) is 3.74. The van der Waals surface area contributed by atoms with E-state index in [9.17, 15) is 13.2 Å². The third-order valence-electron chi connectivity index (χ3n) is 4.47. The fourth-order valence-corrected chi connectivity index (χ4v) is 3.82. The van der Waals surface area contributed by atoms with Crippen LogP contribution in [0, 0.1) is 6.92 Å². The molecule has 1 unspecified atom stereocenters. The number of nitrogens with zero attached hydrogens (tertiary/aromatic N) is 5. The molecule has 2 aromatic heterocycles. The maximum atomic E-state index is 13.0. The van der Waals surface area contributed by atoms with Gasteiger partial charge in [0.15, 0.2) is 5.16 Å². The molecule has 1 atom stereocenters. The monoisotopic (exact) mass is 465 g/mol. The molecule has 4 rings (SSSR count). The largest absolute Gasteiger partial charge is 0.416 e. The molecule has 0 bridgehead atoms. The summed E-state index contributed by atoms with van der Waals surface area (Å²) in [5.41, 5.74) is 1.20. The number of aryl methyl sites for hydroxylation is 1. The minimum absolute atomic E-state index is 0.0836. The van der Waals surface area contributed by atoms with E-state index in [4.69, 9.17) is 16.1 Å². The van der Waals surface area contributed by atoms with Crippen LogP contribution >= 0.6 is 23.4 Å². The van der Waals surface area contributed by atoms with E-state index in [2.05, 4.69) is 20.3 Å². The van der Waals surface area contributed by atoms with Gasteiger partial charge in [0.1, 0.15) is 6.33 Å². The Hall–Kier alpha value is -2.85. The lowest BCUT2D eigenvalue weighted by molar-refractivity contribution is -0.137. The quantitative estimate of drug-likeness (QED) is 0.329. The van der Waals surface area contributed by atoms with Crippen molar-refractivity contribution in [1.82, 2.24) is 24.9 Å². The van der Waals surface area contributed by atoms with Gasteiger partial charge in [-0.2, -0.15) is 18.2 Å². The molecule has 0 fully saturated rings. The SMILES string of the molecule is Cc1ccc(-n2cnnc2SC(C)c2nc(-c3cccc(C(F)(F)F)c3)no2)cc1Cl. The van der Waals surface area contributed by atoms with Gasteiger partial charge < -0.3 is 4.52 Å². The van der Waals surface area contributed by atoms with Gasteiger partial charge in [-0.05, 0) is 43.7 Å². The summed E-state index contributed by atoms with van der Waals surface area (Å²) in [4.78, 5) is 4.27.